The molecule has 1 aromatic rings. The van der Waals surface area contributed by atoms with Gasteiger partial charge in [0.2, 0.25) is 5.91 Å². The second kappa shape index (κ2) is 6.98. The van der Waals surface area contributed by atoms with E-state index in [1.165, 1.54) is 0 Å². The maximum absolute atomic E-state index is 11.3. The largest absolute Gasteiger partial charge is 0.486 e. The second-order valence-electron chi connectivity index (χ2n) is 5.82. The number of rotatable bonds is 4. The quantitative estimate of drug-likeness (QED) is 0.842. The molecule has 2 atom stereocenters. The number of hydrogen-bond donors (Lipinski definition) is 2. The molecule has 2 heterocycles. The summed E-state index contributed by atoms with van der Waals surface area (Å²) < 4.78 is 11.7. The molecule has 0 aliphatic carbocycles. The predicted molar refractivity (Wildman–Crippen MR) is 81.0 cm³/mol. The number of benzene rings is 1. The van der Waals surface area contributed by atoms with Gasteiger partial charge in [0.25, 0.3) is 0 Å². The molecule has 6 heteroatoms. The summed E-state index contributed by atoms with van der Waals surface area (Å²) in [5.41, 5.74) is 0. The van der Waals surface area contributed by atoms with Crippen LogP contribution < -0.4 is 14.8 Å². The normalized spacial score (nSPS) is 24.8. The van der Waals surface area contributed by atoms with Crippen molar-refractivity contribution in [3.05, 3.63) is 24.3 Å². The van der Waals surface area contributed by atoms with Gasteiger partial charge >= 0.3 is 0 Å². The number of aliphatic hydroxyl groups is 1. The van der Waals surface area contributed by atoms with Crippen molar-refractivity contribution in [1.82, 2.24) is 10.2 Å². The van der Waals surface area contributed by atoms with E-state index in [9.17, 15) is 4.79 Å². The Kier molecular flexibility index (Phi) is 4.80. The third kappa shape index (κ3) is 3.69. The van der Waals surface area contributed by atoms with Gasteiger partial charge in [0.1, 0.15) is 19.3 Å². The lowest BCUT2D eigenvalue weighted by molar-refractivity contribution is -0.124. The minimum Gasteiger partial charge on any atom is -0.486 e. The standard InChI is InChI=1S/C16H22N2O4/c19-10-16(20)17-12-4-3-7-18(8-12)9-13-11-21-14-5-1-2-6-15(14)22-13/h1-2,5-6,12-13,19H,3-4,7-11H2,(H,17,20)/t12-,13-/m0/s1. The molecule has 2 aliphatic rings. The first kappa shape index (κ1) is 15.1. The summed E-state index contributed by atoms with van der Waals surface area (Å²) in [5, 5.41) is 11.7. The Morgan fingerprint density at radius 1 is 1.36 bits per heavy atom. The van der Waals surface area contributed by atoms with Crippen molar-refractivity contribution in [3.63, 3.8) is 0 Å². The lowest BCUT2D eigenvalue weighted by atomic mass is 10.1. The van der Waals surface area contributed by atoms with Crippen LogP contribution in [0.25, 0.3) is 0 Å². The van der Waals surface area contributed by atoms with E-state index in [2.05, 4.69) is 10.2 Å². The molecule has 0 bridgehead atoms. The highest BCUT2D eigenvalue weighted by Gasteiger charge is 2.27. The average molecular weight is 306 g/mol. The van der Waals surface area contributed by atoms with Crippen LogP contribution in [-0.4, -0.2) is 60.9 Å². The third-order valence-corrected chi connectivity index (χ3v) is 4.04. The first-order valence-electron chi connectivity index (χ1n) is 7.75. The van der Waals surface area contributed by atoms with Crippen molar-refractivity contribution in [2.75, 3.05) is 32.8 Å². The Bertz CT molecular complexity index is 523. The summed E-state index contributed by atoms with van der Waals surface area (Å²) in [4.78, 5) is 13.6. The maximum atomic E-state index is 11.3. The van der Waals surface area contributed by atoms with Crippen LogP contribution in [0.2, 0.25) is 0 Å². The van der Waals surface area contributed by atoms with E-state index in [4.69, 9.17) is 14.6 Å². The molecule has 6 nitrogen and oxygen atoms in total. The fraction of sp³-hybridized carbons (Fsp3) is 0.562. The summed E-state index contributed by atoms with van der Waals surface area (Å²) >= 11 is 0. The SMILES string of the molecule is O=C(CO)N[C@H]1CCCN(C[C@H]2COc3ccccc3O2)C1. The average Bonchev–Trinajstić information content (AvgIpc) is 2.55. The first-order chi connectivity index (χ1) is 10.7. The number of nitrogens with zero attached hydrogens (tertiary/aromatic N) is 1. The number of fused-ring (bicyclic) bond motifs is 1. The molecule has 0 aromatic heterocycles. The molecular weight excluding hydrogens is 284 g/mol. The number of aliphatic hydroxyl groups excluding tert-OH is 1. The zero-order chi connectivity index (χ0) is 15.4. The zero-order valence-electron chi connectivity index (χ0n) is 12.5. The number of carbonyl (C=O) groups excluding carboxylic acids is 1. The van der Waals surface area contributed by atoms with Gasteiger partial charge in [-0.05, 0) is 31.5 Å². The molecular formula is C16H22N2O4. The van der Waals surface area contributed by atoms with Crippen molar-refractivity contribution in [2.24, 2.45) is 0 Å². The van der Waals surface area contributed by atoms with Crippen LogP contribution in [-0.2, 0) is 4.79 Å². The van der Waals surface area contributed by atoms with Gasteiger partial charge in [0, 0.05) is 19.1 Å². The molecule has 1 fully saturated rings. The summed E-state index contributed by atoms with van der Waals surface area (Å²) in [6.45, 7) is 2.65. The number of likely N-dealkylation sites (tertiary alicyclic amines) is 1. The Labute approximate surface area is 130 Å². The van der Waals surface area contributed by atoms with Crippen LogP contribution >= 0.6 is 0 Å². The van der Waals surface area contributed by atoms with Gasteiger partial charge in [-0.25, -0.2) is 0 Å². The van der Waals surface area contributed by atoms with E-state index in [-0.39, 0.29) is 18.1 Å². The summed E-state index contributed by atoms with van der Waals surface area (Å²) in [6, 6.07) is 7.80. The van der Waals surface area contributed by atoms with Gasteiger partial charge in [-0.3, -0.25) is 9.69 Å². The fourth-order valence-corrected chi connectivity index (χ4v) is 3.05. The van der Waals surface area contributed by atoms with Crippen LogP contribution in [0.15, 0.2) is 24.3 Å². The van der Waals surface area contributed by atoms with E-state index < -0.39 is 6.61 Å². The van der Waals surface area contributed by atoms with Crippen LogP contribution in [0.5, 0.6) is 11.5 Å². The van der Waals surface area contributed by atoms with Gasteiger partial charge in [0.15, 0.2) is 11.5 Å². The van der Waals surface area contributed by atoms with Crippen molar-refractivity contribution < 1.29 is 19.4 Å². The molecule has 2 aliphatic heterocycles. The topological polar surface area (TPSA) is 71.0 Å². The molecule has 1 saturated heterocycles. The zero-order valence-corrected chi connectivity index (χ0v) is 12.5. The molecule has 2 N–H and O–H groups in total. The second-order valence-corrected chi connectivity index (χ2v) is 5.82. The van der Waals surface area contributed by atoms with Crippen molar-refractivity contribution in [3.8, 4) is 11.5 Å². The highest BCUT2D eigenvalue weighted by Crippen LogP contribution is 2.31. The van der Waals surface area contributed by atoms with Crippen molar-refractivity contribution in [1.29, 1.82) is 0 Å². The number of hydrogen-bond acceptors (Lipinski definition) is 5. The maximum Gasteiger partial charge on any atom is 0.245 e. The molecule has 1 amide bonds. The lowest BCUT2D eigenvalue weighted by Crippen LogP contribution is -2.51. The molecule has 3 rings (SSSR count). The molecule has 0 unspecified atom stereocenters. The van der Waals surface area contributed by atoms with E-state index in [0.717, 1.165) is 44.0 Å². The van der Waals surface area contributed by atoms with Crippen LogP contribution in [0.3, 0.4) is 0 Å². The Hall–Kier alpha value is -1.79. The van der Waals surface area contributed by atoms with Gasteiger partial charge < -0.3 is 19.9 Å². The number of amides is 1. The van der Waals surface area contributed by atoms with Gasteiger partial charge in [-0.15, -0.1) is 0 Å². The smallest absolute Gasteiger partial charge is 0.245 e. The summed E-state index contributed by atoms with van der Waals surface area (Å²) in [6.07, 6.45) is 1.98. The number of nitrogens with one attached hydrogen (secondary N) is 1. The monoisotopic (exact) mass is 306 g/mol. The van der Waals surface area contributed by atoms with Gasteiger partial charge in [-0.2, -0.15) is 0 Å². The van der Waals surface area contributed by atoms with Crippen LogP contribution in [0.1, 0.15) is 12.8 Å². The molecule has 0 radical (unpaired) electrons. The van der Waals surface area contributed by atoms with E-state index in [1.54, 1.807) is 0 Å². The van der Waals surface area contributed by atoms with E-state index in [1.807, 2.05) is 24.3 Å². The van der Waals surface area contributed by atoms with Gasteiger partial charge in [0.05, 0.1) is 0 Å². The molecule has 120 valence electrons. The van der Waals surface area contributed by atoms with E-state index >= 15 is 0 Å². The lowest BCUT2D eigenvalue weighted by Gasteiger charge is -2.36. The molecule has 22 heavy (non-hydrogen) atoms. The predicted octanol–water partition coefficient (Wildman–Crippen LogP) is 0.399. The number of para-hydroxylation sites is 2. The minimum atomic E-state index is -0.452. The summed E-state index contributed by atoms with van der Waals surface area (Å²) in [5.74, 6) is 1.28. The molecule has 1 aromatic carbocycles. The number of carbonyl (C=O) groups is 1. The highest BCUT2D eigenvalue weighted by atomic mass is 16.6. The Morgan fingerprint density at radius 2 is 2.18 bits per heavy atom. The Balaban J connectivity index is 1.52. The van der Waals surface area contributed by atoms with Crippen LogP contribution in [0.4, 0.5) is 0 Å². The first-order valence-corrected chi connectivity index (χ1v) is 7.75. The van der Waals surface area contributed by atoms with Crippen LogP contribution in [0, 0.1) is 0 Å². The minimum absolute atomic E-state index is 0.00203. The molecule has 0 saturated carbocycles. The highest BCUT2D eigenvalue weighted by molar-refractivity contribution is 5.77. The Morgan fingerprint density at radius 3 is 3.00 bits per heavy atom. The summed E-state index contributed by atoms with van der Waals surface area (Å²) in [7, 11) is 0. The third-order valence-electron chi connectivity index (χ3n) is 4.04. The van der Waals surface area contributed by atoms with Crippen molar-refractivity contribution in [2.45, 2.75) is 25.0 Å². The van der Waals surface area contributed by atoms with E-state index in [0.29, 0.717) is 6.61 Å². The van der Waals surface area contributed by atoms with Crippen molar-refractivity contribution >= 4 is 5.91 Å². The van der Waals surface area contributed by atoms with Gasteiger partial charge in [-0.1, -0.05) is 12.1 Å². The molecule has 0 spiro atoms. The number of piperidine rings is 1. The fourth-order valence-electron chi connectivity index (χ4n) is 3.05. The number of ether oxygens (including phenoxy) is 2.